The first kappa shape index (κ1) is 11.7. The van der Waals surface area contributed by atoms with E-state index in [0.717, 1.165) is 18.6 Å². The second-order valence-corrected chi connectivity index (χ2v) is 5.35. The van der Waals surface area contributed by atoms with Gasteiger partial charge in [0.1, 0.15) is 0 Å². The highest BCUT2D eigenvalue weighted by Gasteiger charge is 2.41. The molecule has 3 rings (SSSR count). The van der Waals surface area contributed by atoms with Crippen molar-refractivity contribution in [1.29, 1.82) is 0 Å². The van der Waals surface area contributed by atoms with E-state index in [-0.39, 0.29) is 12.0 Å². The van der Waals surface area contributed by atoms with Gasteiger partial charge in [0, 0.05) is 19.3 Å². The summed E-state index contributed by atoms with van der Waals surface area (Å²) in [4.78, 5) is 4.36. The fraction of sp³-hybridized carbons (Fsp3) is 0.500. The van der Waals surface area contributed by atoms with Crippen molar-refractivity contribution in [3.05, 3.63) is 23.4 Å². The number of aliphatic hydroxyl groups excluding tert-OH is 1. The van der Waals surface area contributed by atoms with E-state index in [1.807, 2.05) is 6.07 Å². The molecule has 5 nitrogen and oxygen atoms in total. The Morgan fingerprint density at radius 3 is 3.00 bits per heavy atom. The zero-order valence-corrected chi connectivity index (χ0v) is 10.7. The van der Waals surface area contributed by atoms with Gasteiger partial charge in [-0.25, -0.2) is 4.52 Å². The van der Waals surface area contributed by atoms with Crippen LogP contribution in [0.15, 0.2) is 18.3 Å². The van der Waals surface area contributed by atoms with Crippen LogP contribution in [0.5, 0.6) is 0 Å². The minimum atomic E-state index is 0.246. The van der Waals surface area contributed by atoms with Crippen LogP contribution < -0.4 is 5.32 Å². The summed E-state index contributed by atoms with van der Waals surface area (Å²) < 4.78 is 1.66. The van der Waals surface area contributed by atoms with E-state index >= 15 is 0 Å². The molecule has 2 aromatic heterocycles. The van der Waals surface area contributed by atoms with Crippen LogP contribution in [-0.4, -0.2) is 32.9 Å². The van der Waals surface area contributed by atoms with Crippen LogP contribution in [0, 0.1) is 5.41 Å². The van der Waals surface area contributed by atoms with Gasteiger partial charge in [0.15, 0.2) is 5.65 Å². The number of pyridine rings is 1. The third-order valence-corrected chi connectivity index (χ3v) is 3.74. The summed E-state index contributed by atoms with van der Waals surface area (Å²) in [6.07, 6.45) is 4.91. The van der Waals surface area contributed by atoms with Crippen LogP contribution in [0.1, 0.15) is 19.3 Å². The fourth-order valence-corrected chi connectivity index (χ4v) is 2.28. The number of nitrogens with one attached hydrogen (secondary N) is 1. The van der Waals surface area contributed by atoms with Crippen molar-refractivity contribution >= 4 is 23.2 Å². The van der Waals surface area contributed by atoms with E-state index in [0.29, 0.717) is 11.0 Å². The standard InChI is InChI=1S/C12H15ClN4O/c13-9-1-2-10-15-11(16-17(10)7-9)14-8-12(3-4-12)5-6-18/h1-2,7,18H,3-6,8H2,(H,14,16). The van der Waals surface area contributed by atoms with Crippen LogP contribution in [0.25, 0.3) is 5.65 Å². The molecule has 0 radical (unpaired) electrons. The lowest BCUT2D eigenvalue weighted by atomic mass is 10.0. The van der Waals surface area contributed by atoms with E-state index in [4.69, 9.17) is 16.7 Å². The van der Waals surface area contributed by atoms with Gasteiger partial charge in [-0.1, -0.05) is 11.6 Å². The number of hydrogen-bond donors (Lipinski definition) is 2. The topological polar surface area (TPSA) is 62.5 Å². The summed E-state index contributed by atoms with van der Waals surface area (Å²) in [7, 11) is 0. The van der Waals surface area contributed by atoms with Crippen LogP contribution in [-0.2, 0) is 0 Å². The van der Waals surface area contributed by atoms with E-state index in [1.165, 1.54) is 12.8 Å². The van der Waals surface area contributed by atoms with Crippen molar-refractivity contribution in [2.45, 2.75) is 19.3 Å². The fourth-order valence-electron chi connectivity index (χ4n) is 2.13. The molecule has 0 bridgehead atoms. The Labute approximate surface area is 110 Å². The van der Waals surface area contributed by atoms with Crippen molar-refractivity contribution < 1.29 is 5.11 Å². The number of aromatic nitrogens is 3. The van der Waals surface area contributed by atoms with Crippen LogP contribution in [0.4, 0.5) is 5.95 Å². The first-order valence-corrected chi connectivity index (χ1v) is 6.45. The molecule has 18 heavy (non-hydrogen) atoms. The number of hydrogen-bond acceptors (Lipinski definition) is 4. The smallest absolute Gasteiger partial charge is 0.243 e. The Hall–Kier alpha value is -1.33. The third kappa shape index (κ3) is 2.28. The third-order valence-electron chi connectivity index (χ3n) is 3.52. The highest BCUT2D eigenvalue weighted by Crippen LogP contribution is 2.48. The molecule has 0 saturated heterocycles. The quantitative estimate of drug-likeness (QED) is 0.868. The summed E-state index contributed by atoms with van der Waals surface area (Å²) in [5.41, 5.74) is 1.03. The van der Waals surface area contributed by atoms with Crippen molar-refractivity contribution in [1.82, 2.24) is 14.6 Å². The highest BCUT2D eigenvalue weighted by atomic mass is 35.5. The maximum atomic E-state index is 9.01. The van der Waals surface area contributed by atoms with Crippen LogP contribution >= 0.6 is 11.6 Å². The average molecular weight is 267 g/mol. The Bertz CT molecular complexity index is 564. The van der Waals surface area contributed by atoms with Gasteiger partial charge in [0.2, 0.25) is 5.95 Å². The van der Waals surface area contributed by atoms with Crippen LogP contribution in [0.2, 0.25) is 5.02 Å². The van der Waals surface area contributed by atoms with Crippen molar-refractivity contribution in [3.8, 4) is 0 Å². The number of rotatable bonds is 5. The summed E-state index contributed by atoms with van der Waals surface area (Å²) in [6.45, 7) is 1.06. The SMILES string of the molecule is OCCC1(CNc2nc3ccc(Cl)cn3n2)CC1. The number of nitrogens with zero attached hydrogens (tertiary/aromatic N) is 3. The Morgan fingerprint density at radius 1 is 1.44 bits per heavy atom. The number of halogens is 1. The minimum Gasteiger partial charge on any atom is -0.396 e. The predicted molar refractivity (Wildman–Crippen MR) is 69.9 cm³/mol. The molecule has 0 spiro atoms. The number of fused-ring (bicyclic) bond motifs is 1. The largest absolute Gasteiger partial charge is 0.396 e. The Kier molecular flexibility index (Phi) is 2.87. The Balaban J connectivity index is 1.71. The molecule has 0 amide bonds. The molecule has 0 unspecified atom stereocenters. The van der Waals surface area contributed by atoms with Gasteiger partial charge in [0.05, 0.1) is 5.02 Å². The second kappa shape index (κ2) is 4.40. The molecule has 1 saturated carbocycles. The molecule has 0 aliphatic heterocycles. The molecule has 1 fully saturated rings. The zero-order chi connectivity index (χ0) is 12.6. The first-order chi connectivity index (χ1) is 8.71. The maximum absolute atomic E-state index is 9.01. The van der Waals surface area contributed by atoms with E-state index in [2.05, 4.69) is 15.4 Å². The molecule has 1 aliphatic rings. The lowest BCUT2D eigenvalue weighted by molar-refractivity contribution is 0.253. The number of aliphatic hydroxyl groups is 1. The second-order valence-electron chi connectivity index (χ2n) is 4.91. The molecule has 0 atom stereocenters. The molecule has 2 N–H and O–H groups in total. The van der Waals surface area contributed by atoms with Gasteiger partial charge in [-0.2, -0.15) is 4.98 Å². The summed E-state index contributed by atoms with van der Waals surface area (Å²) in [6, 6.07) is 3.63. The maximum Gasteiger partial charge on any atom is 0.243 e. The van der Waals surface area contributed by atoms with Crippen molar-refractivity contribution in [2.75, 3.05) is 18.5 Å². The van der Waals surface area contributed by atoms with Gasteiger partial charge < -0.3 is 10.4 Å². The molecule has 1 aliphatic carbocycles. The monoisotopic (exact) mass is 266 g/mol. The van der Waals surface area contributed by atoms with Gasteiger partial charge in [-0.15, -0.1) is 5.10 Å². The average Bonchev–Trinajstić information content (AvgIpc) is 2.99. The van der Waals surface area contributed by atoms with E-state index in [1.54, 1.807) is 16.8 Å². The Morgan fingerprint density at radius 2 is 2.28 bits per heavy atom. The summed E-state index contributed by atoms with van der Waals surface area (Å²) in [5, 5.41) is 17.2. The van der Waals surface area contributed by atoms with Gasteiger partial charge >= 0.3 is 0 Å². The van der Waals surface area contributed by atoms with Gasteiger partial charge in [-0.05, 0) is 36.8 Å². The van der Waals surface area contributed by atoms with Gasteiger partial charge in [0.25, 0.3) is 0 Å². The first-order valence-electron chi connectivity index (χ1n) is 6.07. The van der Waals surface area contributed by atoms with Crippen molar-refractivity contribution in [3.63, 3.8) is 0 Å². The van der Waals surface area contributed by atoms with Crippen molar-refractivity contribution in [2.24, 2.45) is 5.41 Å². The molecule has 6 heteroatoms. The molecule has 2 aromatic rings. The molecular weight excluding hydrogens is 252 g/mol. The van der Waals surface area contributed by atoms with Gasteiger partial charge in [-0.3, -0.25) is 0 Å². The number of anilines is 1. The van der Waals surface area contributed by atoms with E-state index in [9.17, 15) is 0 Å². The summed E-state index contributed by atoms with van der Waals surface area (Å²) >= 11 is 5.89. The molecule has 2 heterocycles. The predicted octanol–water partition coefficient (Wildman–Crippen LogP) is 1.96. The lowest BCUT2D eigenvalue weighted by Crippen LogP contribution is -2.17. The molecule has 0 aromatic carbocycles. The highest BCUT2D eigenvalue weighted by molar-refractivity contribution is 6.30. The zero-order valence-electron chi connectivity index (χ0n) is 9.93. The molecule has 96 valence electrons. The summed E-state index contributed by atoms with van der Waals surface area (Å²) in [5.74, 6) is 0.612. The molecular formula is C12H15ClN4O. The minimum absolute atomic E-state index is 0.246. The van der Waals surface area contributed by atoms with Crippen LogP contribution in [0.3, 0.4) is 0 Å². The van der Waals surface area contributed by atoms with E-state index < -0.39 is 0 Å². The normalized spacial score (nSPS) is 17.0. The lowest BCUT2D eigenvalue weighted by Gasteiger charge is -2.12.